The minimum absolute atomic E-state index is 0.211. The fourth-order valence-electron chi connectivity index (χ4n) is 1.50. The first-order valence-corrected chi connectivity index (χ1v) is 4.46. The van der Waals surface area contributed by atoms with Crippen LogP contribution in [-0.4, -0.2) is 29.7 Å². The summed E-state index contributed by atoms with van der Waals surface area (Å²) in [5.74, 6) is 0. The fraction of sp³-hybridized carbons (Fsp3) is 0.556. The highest BCUT2D eigenvalue weighted by atomic mass is 16.5. The second-order valence-electron chi connectivity index (χ2n) is 3.11. The number of rotatable bonds is 1. The van der Waals surface area contributed by atoms with Crippen LogP contribution in [0.2, 0.25) is 0 Å². The first kappa shape index (κ1) is 8.59. The smallest absolute Gasteiger partial charge is 0.0808 e. The fourth-order valence-corrected chi connectivity index (χ4v) is 1.50. The predicted octanol–water partition coefficient (Wildman–Crippen LogP) is 0.446. The Morgan fingerprint density at radius 2 is 2.31 bits per heavy atom. The highest BCUT2D eigenvalue weighted by Gasteiger charge is 2.18. The lowest BCUT2D eigenvalue weighted by Gasteiger charge is -2.23. The van der Waals surface area contributed by atoms with Gasteiger partial charge in [0.25, 0.3) is 0 Å². The molecule has 0 spiro atoms. The molecule has 0 saturated carbocycles. The van der Waals surface area contributed by atoms with Crippen molar-refractivity contribution >= 4 is 0 Å². The number of ether oxygens (including phenoxy) is 1. The Morgan fingerprint density at radius 3 is 3.00 bits per heavy atom. The lowest BCUT2D eigenvalue weighted by molar-refractivity contribution is 0.0752. The van der Waals surface area contributed by atoms with Gasteiger partial charge in [-0.1, -0.05) is 0 Å². The summed E-state index contributed by atoms with van der Waals surface area (Å²) in [4.78, 5) is 8.49. The van der Waals surface area contributed by atoms with Crippen LogP contribution in [0.3, 0.4) is 0 Å². The Hall–Kier alpha value is -1.00. The molecule has 1 atom stereocenters. The van der Waals surface area contributed by atoms with Crippen LogP contribution in [0, 0.1) is 6.92 Å². The van der Waals surface area contributed by atoms with Crippen LogP contribution in [0.1, 0.15) is 17.4 Å². The Labute approximate surface area is 77.4 Å². The van der Waals surface area contributed by atoms with E-state index in [2.05, 4.69) is 15.3 Å². The second kappa shape index (κ2) is 3.81. The van der Waals surface area contributed by atoms with Gasteiger partial charge in [0.2, 0.25) is 0 Å². The van der Waals surface area contributed by atoms with E-state index >= 15 is 0 Å². The Kier molecular flexibility index (Phi) is 2.52. The topological polar surface area (TPSA) is 47.0 Å². The van der Waals surface area contributed by atoms with Gasteiger partial charge in [0.05, 0.1) is 30.6 Å². The molecule has 1 aliphatic heterocycles. The van der Waals surface area contributed by atoms with E-state index in [0.29, 0.717) is 6.61 Å². The third kappa shape index (κ3) is 1.84. The molecule has 1 unspecified atom stereocenters. The first-order valence-electron chi connectivity index (χ1n) is 4.46. The minimum atomic E-state index is 0.211. The number of nitrogens with zero attached hydrogens (tertiary/aromatic N) is 2. The first-order chi connectivity index (χ1) is 6.38. The van der Waals surface area contributed by atoms with E-state index in [1.165, 1.54) is 0 Å². The van der Waals surface area contributed by atoms with Gasteiger partial charge >= 0.3 is 0 Å². The molecule has 2 heterocycles. The molecule has 0 radical (unpaired) electrons. The standard InChI is InChI=1S/C9H13N3O/c1-7-9(12-3-2-10-7)8-6-13-5-4-11-8/h2-3,8,11H,4-6H2,1H3. The zero-order chi connectivity index (χ0) is 9.10. The van der Waals surface area contributed by atoms with E-state index in [9.17, 15) is 0 Å². The van der Waals surface area contributed by atoms with Gasteiger partial charge in [-0.2, -0.15) is 0 Å². The molecule has 1 fully saturated rings. The van der Waals surface area contributed by atoms with Gasteiger partial charge < -0.3 is 10.1 Å². The van der Waals surface area contributed by atoms with Crippen LogP contribution in [0.25, 0.3) is 0 Å². The third-order valence-electron chi connectivity index (χ3n) is 2.17. The molecular weight excluding hydrogens is 166 g/mol. The summed E-state index contributed by atoms with van der Waals surface area (Å²) in [7, 11) is 0. The van der Waals surface area contributed by atoms with E-state index < -0.39 is 0 Å². The van der Waals surface area contributed by atoms with Crippen LogP contribution >= 0.6 is 0 Å². The van der Waals surface area contributed by atoms with Crippen molar-refractivity contribution in [3.8, 4) is 0 Å². The molecule has 1 saturated heterocycles. The van der Waals surface area contributed by atoms with Gasteiger partial charge in [-0.3, -0.25) is 9.97 Å². The molecule has 1 aliphatic rings. The van der Waals surface area contributed by atoms with E-state index in [4.69, 9.17) is 4.74 Å². The highest BCUT2D eigenvalue weighted by molar-refractivity contribution is 5.13. The Morgan fingerprint density at radius 1 is 1.46 bits per heavy atom. The molecule has 1 aromatic heterocycles. The van der Waals surface area contributed by atoms with Crippen molar-refractivity contribution in [1.82, 2.24) is 15.3 Å². The lowest BCUT2D eigenvalue weighted by atomic mass is 10.1. The highest BCUT2D eigenvalue weighted by Crippen LogP contribution is 2.14. The molecule has 0 aromatic carbocycles. The van der Waals surface area contributed by atoms with Gasteiger partial charge in [-0.25, -0.2) is 0 Å². The largest absolute Gasteiger partial charge is 0.378 e. The number of aromatic nitrogens is 2. The van der Waals surface area contributed by atoms with Gasteiger partial charge in [-0.15, -0.1) is 0 Å². The predicted molar refractivity (Wildman–Crippen MR) is 48.3 cm³/mol. The van der Waals surface area contributed by atoms with Crippen LogP contribution in [0.4, 0.5) is 0 Å². The maximum Gasteiger partial charge on any atom is 0.0808 e. The van der Waals surface area contributed by atoms with Crippen molar-refractivity contribution in [3.05, 3.63) is 23.8 Å². The quantitative estimate of drug-likeness (QED) is 0.679. The third-order valence-corrected chi connectivity index (χ3v) is 2.17. The van der Waals surface area contributed by atoms with Crippen molar-refractivity contribution in [2.45, 2.75) is 13.0 Å². The number of nitrogens with one attached hydrogen (secondary N) is 1. The lowest BCUT2D eigenvalue weighted by Crippen LogP contribution is -2.35. The normalized spacial score (nSPS) is 23.0. The van der Waals surface area contributed by atoms with Crippen molar-refractivity contribution in [3.63, 3.8) is 0 Å². The summed E-state index contributed by atoms with van der Waals surface area (Å²) < 4.78 is 5.36. The molecule has 0 bridgehead atoms. The van der Waals surface area contributed by atoms with Crippen LogP contribution in [-0.2, 0) is 4.74 Å². The Bertz CT molecular complexity index is 284. The summed E-state index contributed by atoms with van der Waals surface area (Å²) in [5.41, 5.74) is 1.98. The second-order valence-corrected chi connectivity index (χ2v) is 3.11. The minimum Gasteiger partial charge on any atom is -0.378 e. The molecule has 70 valence electrons. The zero-order valence-electron chi connectivity index (χ0n) is 7.66. The van der Waals surface area contributed by atoms with Crippen molar-refractivity contribution < 1.29 is 4.74 Å². The molecular formula is C9H13N3O. The maximum absolute atomic E-state index is 5.36. The summed E-state index contributed by atoms with van der Waals surface area (Å²) in [6, 6.07) is 0.211. The zero-order valence-corrected chi connectivity index (χ0v) is 7.66. The van der Waals surface area contributed by atoms with Gasteiger partial charge in [0.1, 0.15) is 0 Å². The van der Waals surface area contributed by atoms with Crippen molar-refractivity contribution in [2.75, 3.05) is 19.8 Å². The molecule has 4 heteroatoms. The summed E-state index contributed by atoms with van der Waals surface area (Å²) >= 11 is 0. The number of hydrogen-bond acceptors (Lipinski definition) is 4. The molecule has 4 nitrogen and oxygen atoms in total. The Balaban J connectivity index is 2.18. The molecule has 2 rings (SSSR count). The van der Waals surface area contributed by atoms with Crippen LogP contribution in [0.5, 0.6) is 0 Å². The molecule has 13 heavy (non-hydrogen) atoms. The summed E-state index contributed by atoms with van der Waals surface area (Å²) in [6.45, 7) is 4.34. The maximum atomic E-state index is 5.36. The molecule has 1 aromatic rings. The molecule has 0 amide bonds. The van der Waals surface area contributed by atoms with Crippen molar-refractivity contribution in [1.29, 1.82) is 0 Å². The van der Waals surface area contributed by atoms with E-state index in [-0.39, 0.29) is 6.04 Å². The summed E-state index contributed by atoms with van der Waals surface area (Å²) in [5, 5.41) is 3.35. The summed E-state index contributed by atoms with van der Waals surface area (Å²) in [6.07, 6.45) is 3.43. The van der Waals surface area contributed by atoms with Gasteiger partial charge in [-0.05, 0) is 6.92 Å². The SMILES string of the molecule is Cc1nccnc1C1COCCN1. The molecule has 0 aliphatic carbocycles. The van der Waals surface area contributed by atoms with Crippen molar-refractivity contribution in [2.24, 2.45) is 0 Å². The van der Waals surface area contributed by atoms with Crippen LogP contribution < -0.4 is 5.32 Å². The average molecular weight is 179 g/mol. The van der Waals surface area contributed by atoms with E-state index in [0.717, 1.165) is 24.5 Å². The van der Waals surface area contributed by atoms with Gasteiger partial charge in [0, 0.05) is 18.9 Å². The van der Waals surface area contributed by atoms with Gasteiger partial charge in [0.15, 0.2) is 0 Å². The van der Waals surface area contributed by atoms with E-state index in [1.54, 1.807) is 12.4 Å². The number of morpholine rings is 1. The molecule has 1 N–H and O–H groups in total. The van der Waals surface area contributed by atoms with Crippen LogP contribution in [0.15, 0.2) is 12.4 Å². The average Bonchev–Trinajstić information content (AvgIpc) is 2.20. The monoisotopic (exact) mass is 179 g/mol. The van der Waals surface area contributed by atoms with E-state index in [1.807, 2.05) is 6.92 Å². The number of hydrogen-bond donors (Lipinski definition) is 1. The number of aryl methyl sites for hydroxylation is 1.